The molecule has 19 heteroatoms. The highest BCUT2D eigenvalue weighted by Crippen LogP contribution is 2.70. The van der Waals surface area contributed by atoms with Gasteiger partial charge in [-0.2, -0.15) is 0 Å². The second-order valence-corrected chi connectivity index (χ2v) is 19.2. The Balaban J connectivity index is 0.875. The van der Waals surface area contributed by atoms with Crippen molar-refractivity contribution < 1.29 is 94.1 Å². The highest BCUT2D eigenvalue weighted by atomic mass is 16.8. The highest BCUT2D eigenvalue weighted by Gasteiger charge is 2.68. The SMILES string of the molecule is C[C@]12CC[C@H](O[C@@H]3O[C@H](CO)[C@@H](O[C@@H]4O[C@H](CO[C@@H]5O[C@H](CO)[C@@H](O)[C@H](O)[C@H]5O)[C@@H](O)[C@H](O)[C@H]4O)[C@@H](O)[C@H]3O)C[C@H]1CC[C@@H]1[C@@H]2CC[C@]2(C)[C@@H](C3=CC(=O)OC3)CC[C@]12O. The molecule has 0 spiro atoms. The maximum Gasteiger partial charge on any atom is 0.331 e. The van der Waals surface area contributed by atoms with E-state index < -0.39 is 118 Å². The zero-order valence-electron chi connectivity index (χ0n) is 34.0. The quantitative estimate of drug-likeness (QED) is 0.0775. The number of esters is 1. The summed E-state index contributed by atoms with van der Waals surface area (Å²) in [6.07, 6.45) is -15.8. The molecule has 0 aromatic heterocycles. The lowest BCUT2D eigenvalue weighted by molar-refractivity contribution is -0.369. The summed E-state index contributed by atoms with van der Waals surface area (Å²) < 4.78 is 39.9. The molecule has 0 aromatic rings. The third kappa shape index (κ3) is 7.49. The molecule has 0 unspecified atom stereocenters. The van der Waals surface area contributed by atoms with Crippen molar-refractivity contribution in [2.24, 2.45) is 34.5 Å². The Kier molecular flexibility index (Phi) is 12.9. The summed E-state index contributed by atoms with van der Waals surface area (Å²) in [6, 6.07) is 0. The fraction of sp³-hybridized carbons (Fsp3) is 0.927. The van der Waals surface area contributed by atoms with Crippen molar-refractivity contribution in [1.82, 2.24) is 0 Å². The van der Waals surface area contributed by atoms with Gasteiger partial charge in [-0.25, -0.2) is 4.79 Å². The predicted molar refractivity (Wildman–Crippen MR) is 200 cm³/mol. The maximum absolute atomic E-state index is 12.6. The van der Waals surface area contributed by atoms with Crippen LogP contribution in [-0.4, -0.2) is 192 Å². The van der Waals surface area contributed by atoms with Crippen LogP contribution in [0.3, 0.4) is 0 Å². The molecular weight excluding hydrogens is 796 g/mol. The van der Waals surface area contributed by atoms with Crippen LogP contribution in [0.25, 0.3) is 0 Å². The number of rotatable bonds is 10. The van der Waals surface area contributed by atoms with E-state index in [1.807, 2.05) is 0 Å². The molecule has 19 nitrogen and oxygen atoms in total. The second kappa shape index (κ2) is 17.2. The number of aliphatic hydroxyl groups excluding tert-OH is 10. The molecule has 0 bridgehead atoms. The first-order chi connectivity index (χ1) is 28.4. The van der Waals surface area contributed by atoms with Crippen LogP contribution in [0.5, 0.6) is 0 Å². The lowest BCUT2D eigenvalue weighted by atomic mass is 9.43. The lowest BCUT2D eigenvalue weighted by Crippen LogP contribution is -2.65. The molecule has 3 saturated heterocycles. The predicted octanol–water partition coefficient (Wildman–Crippen LogP) is -2.92. The van der Waals surface area contributed by atoms with Crippen molar-refractivity contribution in [3.05, 3.63) is 11.6 Å². The Labute approximate surface area is 347 Å². The monoisotopic (exact) mass is 860 g/mol. The van der Waals surface area contributed by atoms with Crippen LogP contribution < -0.4 is 0 Å². The van der Waals surface area contributed by atoms with Gasteiger partial charge in [-0.1, -0.05) is 13.8 Å². The van der Waals surface area contributed by atoms with Crippen LogP contribution in [0, 0.1) is 34.5 Å². The van der Waals surface area contributed by atoms with Crippen LogP contribution >= 0.6 is 0 Å². The molecular formula is C41H64O19. The summed E-state index contributed by atoms with van der Waals surface area (Å²) >= 11 is 0. The summed E-state index contributed by atoms with van der Waals surface area (Å²) in [5.74, 6) is 0.499. The third-order valence-electron chi connectivity index (χ3n) is 16.3. The molecule has 11 N–H and O–H groups in total. The minimum atomic E-state index is -1.88. The van der Waals surface area contributed by atoms with Crippen LogP contribution in [0.1, 0.15) is 71.6 Å². The Bertz CT molecular complexity index is 1560. The molecule has 60 heavy (non-hydrogen) atoms. The molecule has 342 valence electrons. The van der Waals surface area contributed by atoms with Gasteiger partial charge in [0.2, 0.25) is 0 Å². The smallest absolute Gasteiger partial charge is 0.331 e. The number of hydrogen-bond donors (Lipinski definition) is 11. The van der Waals surface area contributed by atoms with Gasteiger partial charge in [0, 0.05) is 11.5 Å². The van der Waals surface area contributed by atoms with Gasteiger partial charge in [0.05, 0.1) is 31.5 Å². The van der Waals surface area contributed by atoms with Crippen LogP contribution in [-0.2, 0) is 38.0 Å². The van der Waals surface area contributed by atoms with Crippen LogP contribution in [0.2, 0.25) is 0 Å². The van der Waals surface area contributed by atoms with Crippen molar-refractivity contribution in [2.45, 2.75) is 175 Å². The van der Waals surface area contributed by atoms with Crippen molar-refractivity contribution in [3.63, 3.8) is 0 Å². The molecule has 8 rings (SSSR count). The molecule has 0 aromatic carbocycles. The Morgan fingerprint density at radius 2 is 1.30 bits per heavy atom. The van der Waals surface area contributed by atoms with Gasteiger partial charge in [0.25, 0.3) is 0 Å². The topological polar surface area (TPSA) is 304 Å². The van der Waals surface area contributed by atoms with E-state index in [-0.39, 0.29) is 40.7 Å². The average Bonchev–Trinajstić information content (AvgIpc) is 3.78. The van der Waals surface area contributed by atoms with Crippen LogP contribution in [0.15, 0.2) is 11.6 Å². The van der Waals surface area contributed by atoms with E-state index in [1.165, 1.54) is 0 Å². The van der Waals surface area contributed by atoms with E-state index in [0.29, 0.717) is 31.8 Å². The molecule has 8 aliphatic rings. The van der Waals surface area contributed by atoms with E-state index in [0.717, 1.165) is 44.1 Å². The zero-order valence-corrected chi connectivity index (χ0v) is 34.0. The molecule has 0 radical (unpaired) electrons. The van der Waals surface area contributed by atoms with Crippen molar-refractivity contribution in [2.75, 3.05) is 26.4 Å². The summed E-state index contributed by atoms with van der Waals surface area (Å²) in [5, 5.41) is 118. The fourth-order valence-corrected chi connectivity index (χ4v) is 12.7. The maximum atomic E-state index is 12.6. The number of ether oxygens (including phenoxy) is 7. The minimum absolute atomic E-state index is 0.0571. The van der Waals surface area contributed by atoms with E-state index in [1.54, 1.807) is 6.08 Å². The van der Waals surface area contributed by atoms with Gasteiger partial charge in [0.15, 0.2) is 18.9 Å². The van der Waals surface area contributed by atoms with Gasteiger partial charge in [-0.3, -0.25) is 0 Å². The van der Waals surface area contributed by atoms with Crippen molar-refractivity contribution in [3.8, 4) is 0 Å². The van der Waals surface area contributed by atoms with E-state index in [2.05, 4.69) is 13.8 Å². The lowest BCUT2D eigenvalue weighted by Gasteiger charge is -2.64. The number of hydrogen-bond acceptors (Lipinski definition) is 19. The highest BCUT2D eigenvalue weighted by molar-refractivity contribution is 5.85. The standard InChI is InChI=1S/C41H64O19/c1-39-8-5-19(12-18(39)3-4-22-21(39)6-9-40(2)20(7-10-41(22,40)53)17-11-26(44)54-15-17)56-37-34(52)31(49)35(24(14-43)58-37)60-38-33(51)30(48)28(46)25(59-38)16-55-36-32(50)29(47)27(45)23(13-42)57-36/h11,18-25,27-38,42-43,45-53H,3-10,12-16H2,1-2H3/t18-,19+,20-,21+,22-,23-,24-,25-,27-,28-,29+,30+,31+,32-,33-,34-,35-,36-,37-,38+,39+,40-,41+/m1/s1. The summed E-state index contributed by atoms with van der Waals surface area (Å²) in [5.41, 5.74) is -0.244. The minimum Gasteiger partial charge on any atom is -0.458 e. The van der Waals surface area contributed by atoms with E-state index in [9.17, 15) is 61.0 Å². The summed E-state index contributed by atoms with van der Waals surface area (Å²) in [4.78, 5) is 11.9. The molecule has 7 fully saturated rings. The van der Waals surface area contributed by atoms with Gasteiger partial charge < -0.3 is 89.3 Å². The van der Waals surface area contributed by atoms with Gasteiger partial charge in [-0.15, -0.1) is 0 Å². The Hall–Kier alpha value is -1.47. The Morgan fingerprint density at radius 1 is 0.667 bits per heavy atom. The van der Waals surface area contributed by atoms with Crippen molar-refractivity contribution >= 4 is 5.97 Å². The molecule has 4 saturated carbocycles. The average molecular weight is 861 g/mol. The van der Waals surface area contributed by atoms with Gasteiger partial charge >= 0.3 is 5.97 Å². The number of cyclic esters (lactones) is 1. The zero-order chi connectivity index (χ0) is 43.1. The molecule has 23 atom stereocenters. The number of carbonyl (C=O) groups excluding carboxylic acids is 1. The fourth-order valence-electron chi connectivity index (χ4n) is 12.7. The number of aliphatic hydroxyl groups is 11. The normalized spacial score (nSPS) is 54.4. The first-order valence-electron chi connectivity index (χ1n) is 21.6. The third-order valence-corrected chi connectivity index (χ3v) is 16.3. The molecule has 4 aliphatic heterocycles. The molecule has 4 heterocycles. The summed E-state index contributed by atoms with van der Waals surface area (Å²) in [6.45, 7) is 2.81. The second-order valence-electron chi connectivity index (χ2n) is 19.2. The van der Waals surface area contributed by atoms with E-state index in [4.69, 9.17) is 33.2 Å². The molecule has 4 aliphatic carbocycles. The van der Waals surface area contributed by atoms with Gasteiger partial charge in [0.1, 0.15) is 79.9 Å². The Morgan fingerprint density at radius 3 is 1.98 bits per heavy atom. The first-order valence-corrected chi connectivity index (χ1v) is 21.6. The van der Waals surface area contributed by atoms with Crippen molar-refractivity contribution in [1.29, 1.82) is 0 Å². The number of fused-ring (bicyclic) bond motifs is 5. The number of carbonyl (C=O) groups is 1. The first kappa shape index (κ1) is 45.1. The van der Waals surface area contributed by atoms with Crippen LogP contribution in [0.4, 0.5) is 0 Å². The van der Waals surface area contributed by atoms with Gasteiger partial charge in [-0.05, 0) is 92.4 Å². The summed E-state index contributed by atoms with van der Waals surface area (Å²) in [7, 11) is 0. The molecule has 0 amide bonds. The van der Waals surface area contributed by atoms with E-state index >= 15 is 0 Å². The largest absolute Gasteiger partial charge is 0.458 e.